The van der Waals surface area contributed by atoms with Crippen molar-refractivity contribution < 1.29 is 87.1 Å². The Balaban J connectivity index is 0.00000771. The number of carboxylic acids is 2. The molecule has 0 aliphatic carbocycles. The Hall–Kier alpha value is -6.69. The molecule has 64 heavy (non-hydrogen) atoms. The second kappa shape index (κ2) is 20.7. The molecular formula is C35H25ClCuN10O14S3+. The number of hydrogen-bond acceptors (Lipinski definition) is 18. The first kappa shape index (κ1) is 48.3. The molecule has 0 unspecified atom stereocenters. The number of benzene rings is 4. The molecule has 0 spiro atoms. The standard InChI is InChI=1S/C35H25ClN10O14S3.Cu/c36-24-11-9-21(62(53,54)55)14-26(24)37-33-39-34(41-35(40-33)46-12-4-7-19(17-46)31(48)49)38-27-15-22(63(56,57)58)16-28(29(27)47)43-45-30(18-5-2-1-3-6-18)44-42-25-13-20(61-60-59-52)8-10-23(25)32(50)51;/h1-17H,(H8-,37,38,39,40,41,42,43,44,45,47,48,49,50,51,52,53,54,55,56,57,58);/q;+1. The van der Waals surface area contributed by atoms with Gasteiger partial charge < -0.3 is 36.5 Å². The summed E-state index contributed by atoms with van der Waals surface area (Å²) in [4.78, 5) is 35.2. The fourth-order valence-electron chi connectivity index (χ4n) is 5.04. The largest absolute Gasteiger partial charge is 1.00 e. The van der Waals surface area contributed by atoms with E-state index in [0.717, 1.165) is 41.1 Å². The van der Waals surface area contributed by atoms with Crippen molar-refractivity contribution in [3.63, 3.8) is 0 Å². The predicted molar refractivity (Wildman–Crippen MR) is 219 cm³/mol. The van der Waals surface area contributed by atoms with Crippen molar-refractivity contribution in [3.8, 4) is 11.7 Å². The topological polar surface area (TPSA) is 360 Å². The van der Waals surface area contributed by atoms with Crippen molar-refractivity contribution in [2.45, 2.75) is 14.7 Å². The summed E-state index contributed by atoms with van der Waals surface area (Å²) in [6, 6.07) is 18.9. The van der Waals surface area contributed by atoms with E-state index in [1.54, 1.807) is 18.2 Å². The number of carbonyl (C=O) groups is 2. The minimum Gasteiger partial charge on any atom is -0.571 e. The van der Waals surface area contributed by atoms with E-state index in [0.29, 0.717) is 12.0 Å². The van der Waals surface area contributed by atoms with Gasteiger partial charge in [-0.15, -0.1) is 19.5 Å². The van der Waals surface area contributed by atoms with Crippen LogP contribution in [-0.2, 0) is 46.7 Å². The van der Waals surface area contributed by atoms with Gasteiger partial charge in [-0.1, -0.05) is 58.7 Å². The van der Waals surface area contributed by atoms with Crippen LogP contribution in [0.1, 0.15) is 26.3 Å². The molecule has 0 atom stereocenters. The average Bonchev–Trinajstić information content (AvgIpc) is 3.24. The molecule has 2 aromatic heterocycles. The second-order valence-corrected chi connectivity index (χ2v) is 16.1. The van der Waals surface area contributed by atoms with Crippen molar-refractivity contribution in [3.05, 3.63) is 131 Å². The molecule has 0 bridgehead atoms. The number of hydrogen-bond donors (Lipinski definition) is 8. The molecule has 0 aliphatic rings. The van der Waals surface area contributed by atoms with Gasteiger partial charge in [-0.3, -0.25) is 9.11 Å². The number of aromatic nitrogens is 4. The zero-order chi connectivity index (χ0) is 45.5. The summed E-state index contributed by atoms with van der Waals surface area (Å²) in [6.45, 7) is 0. The van der Waals surface area contributed by atoms with Crippen LogP contribution in [0, 0.1) is 0 Å². The zero-order valence-electron chi connectivity index (χ0n) is 31.2. The Morgan fingerprint density at radius 3 is 2.09 bits per heavy atom. The van der Waals surface area contributed by atoms with Crippen molar-refractivity contribution in [1.29, 1.82) is 0 Å². The third kappa shape index (κ3) is 12.3. The summed E-state index contributed by atoms with van der Waals surface area (Å²) in [6.07, 6.45) is 2.48. The van der Waals surface area contributed by atoms with Crippen LogP contribution < -0.4 is 15.2 Å². The van der Waals surface area contributed by atoms with Crippen molar-refractivity contribution in [2.75, 3.05) is 10.6 Å². The third-order valence-electron chi connectivity index (χ3n) is 7.89. The van der Waals surface area contributed by atoms with Crippen molar-refractivity contribution in [2.24, 2.45) is 15.3 Å². The van der Waals surface area contributed by atoms with Crippen LogP contribution in [0.4, 0.5) is 34.6 Å². The number of aromatic carboxylic acids is 2. The summed E-state index contributed by atoms with van der Waals surface area (Å²) < 4.78 is 73.9. The smallest absolute Gasteiger partial charge is 0.571 e. The SMILES string of the molecule is O=C(O)c1ccc[n+](-c2nc(Nc3cc(S(=O)(=O)O)ccc3Cl)nc(Nc3cc(S(=O)(=O)O)cc([N-]/N=C(\N=Nc4cc(SOOO)ccc4C(=O)O)c4ccccc4)c3O)n2)c1.[Cu+]. The molecule has 6 rings (SSSR count). The van der Waals surface area contributed by atoms with Gasteiger partial charge in [0.25, 0.3) is 20.2 Å². The molecule has 8 N–H and O–H groups in total. The van der Waals surface area contributed by atoms with E-state index >= 15 is 0 Å². The number of aromatic hydroxyl groups is 1. The van der Waals surface area contributed by atoms with E-state index in [1.807, 2.05) is 0 Å². The molecule has 4 aromatic carbocycles. The zero-order valence-corrected chi connectivity index (χ0v) is 35.4. The maximum atomic E-state index is 12.5. The maximum absolute atomic E-state index is 12.5. The number of rotatable bonds is 16. The van der Waals surface area contributed by atoms with E-state index in [2.05, 4.69) is 55.7 Å². The predicted octanol–water partition coefficient (Wildman–Crippen LogP) is 6.46. The Bertz CT molecular complexity index is 3050. The number of azo groups is 1. The number of nitrogens with zero attached hydrogens (tertiary/aromatic N) is 8. The number of halogens is 1. The number of pyridine rings is 1. The molecule has 0 saturated heterocycles. The van der Waals surface area contributed by atoms with E-state index in [4.69, 9.17) is 16.9 Å². The number of phenols is 1. The fourth-order valence-corrected chi connectivity index (χ4v) is 6.63. The number of carboxylic acid groups (broad SMARTS) is 2. The minimum atomic E-state index is -5.05. The van der Waals surface area contributed by atoms with Crippen LogP contribution in [-0.4, -0.2) is 79.2 Å². The Morgan fingerprint density at radius 2 is 1.45 bits per heavy atom. The number of amidine groups is 1. The van der Waals surface area contributed by atoms with Gasteiger partial charge in [0, 0.05) is 10.5 Å². The van der Waals surface area contributed by atoms with Gasteiger partial charge in [-0.2, -0.15) is 16.8 Å². The number of anilines is 4. The van der Waals surface area contributed by atoms with Crippen molar-refractivity contribution >= 4 is 96.3 Å². The van der Waals surface area contributed by atoms with Crippen molar-refractivity contribution in [1.82, 2.24) is 15.0 Å². The van der Waals surface area contributed by atoms with Gasteiger partial charge in [0.1, 0.15) is 11.4 Å². The first-order valence-electron chi connectivity index (χ1n) is 16.8. The minimum absolute atomic E-state index is 0. The maximum Gasteiger partial charge on any atom is 1.00 e. The van der Waals surface area contributed by atoms with E-state index in [9.17, 15) is 50.8 Å². The molecule has 0 amide bonds. The van der Waals surface area contributed by atoms with E-state index in [1.165, 1.54) is 48.7 Å². The van der Waals surface area contributed by atoms with Crippen LogP contribution in [0.3, 0.4) is 0 Å². The quantitative estimate of drug-likeness (QED) is 0.00492. The van der Waals surface area contributed by atoms with Crippen LogP contribution in [0.2, 0.25) is 5.02 Å². The van der Waals surface area contributed by atoms with E-state index < -0.39 is 71.0 Å². The normalized spacial score (nSPS) is 11.8. The van der Waals surface area contributed by atoms with Crippen LogP contribution in [0.5, 0.6) is 5.75 Å². The Kier molecular flexibility index (Phi) is 15.6. The van der Waals surface area contributed by atoms with Gasteiger partial charge in [0.15, 0.2) is 5.84 Å². The monoisotopic (exact) mass is 1000 g/mol. The summed E-state index contributed by atoms with van der Waals surface area (Å²) in [5.41, 5.74) is 2.21. The number of nitrogens with one attached hydrogen (secondary N) is 2. The molecular weight excluding hydrogens is 980 g/mol. The Morgan fingerprint density at radius 1 is 0.797 bits per heavy atom. The first-order valence-corrected chi connectivity index (χ1v) is 20.8. The average molecular weight is 1000 g/mol. The summed E-state index contributed by atoms with van der Waals surface area (Å²) in [5.74, 6) is -5.01. The molecule has 2 heterocycles. The third-order valence-corrected chi connectivity index (χ3v) is 10.5. The fraction of sp³-hybridized carbons (Fsp3) is 0. The summed E-state index contributed by atoms with van der Waals surface area (Å²) >= 11 is 6.79. The molecule has 29 heteroatoms. The van der Waals surface area contributed by atoms with Gasteiger partial charge in [0.2, 0.25) is 0 Å². The molecule has 0 saturated carbocycles. The van der Waals surface area contributed by atoms with Gasteiger partial charge in [0.05, 0.1) is 61.8 Å². The molecule has 0 aliphatic heterocycles. The van der Waals surface area contributed by atoms with Gasteiger partial charge in [-0.05, 0) is 64.6 Å². The molecule has 24 nitrogen and oxygen atoms in total. The first-order chi connectivity index (χ1) is 29.9. The van der Waals surface area contributed by atoms with Crippen LogP contribution >= 0.6 is 23.6 Å². The Labute approximate surface area is 379 Å². The molecule has 0 fully saturated rings. The molecule has 0 radical (unpaired) electrons. The molecule has 334 valence electrons. The van der Waals surface area contributed by atoms with Crippen LogP contribution in [0.15, 0.2) is 133 Å². The van der Waals surface area contributed by atoms with Gasteiger partial charge >= 0.3 is 46.9 Å². The second-order valence-electron chi connectivity index (χ2n) is 12.1. The van der Waals surface area contributed by atoms with Crippen LogP contribution in [0.25, 0.3) is 11.4 Å². The van der Waals surface area contributed by atoms with Gasteiger partial charge in [-0.25, -0.2) is 19.4 Å². The summed E-state index contributed by atoms with van der Waals surface area (Å²) in [7, 11) is -9.77. The molecule has 6 aromatic rings. The number of phenolic OH excluding ortho intramolecular Hbond substituents is 1. The summed E-state index contributed by atoms with van der Waals surface area (Å²) in [5, 5.41) is 60.1. The van der Waals surface area contributed by atoms with E-state index in [-0.39, 0.29) is 66.8 Å².